The van der Waals surface area contributed by atoms with Crippen molar-refractivity contribution in [1.29, 1.82) is 0 Å². The van der Waals surface area contributed by atoms with Gasteiger partial charge < -0.3 is 0 Å². The Kier molecular flexibility index (Phi) is 4.03. The van der Waals surface area contributed by atoms with E-state index in [-0.39, 0.29) is 10.6 Å². The molecule has 0 atom stereocenters. The third-order valence-electron chi connectivity index (χ3n) is 3.56. The van der Waals surface area contributed by atoms with Crippen molar-refractivity contribution < 1.29 is 16.8 Å². The summed E-state index contributed by atoms with van der Waals surface area (Å²) in [6.07, 6.45) is 0.602. The second-order valence-corrected chi connectivity index (χ2v) is 8.90. The number of sulfonamides is 2. The van der Waals surface area contributed by atoms with E-state index in [2.05, 4.69) is 4.72 Å². The zero-order chi connectivity index (χ0) is 16.5. The van der Waals surface area contributed by atoms with Crippen LogP contribution in [0.4, 0.5) is 11.4 Å². The molecule has 6 nitrogen and oxygen atoms in total. The van der Waals surface area contributed by atoms with E-state index in [0.717, 1.165) is 0 Å². The molecule has 1 aliphatic heterocycles. The van der Waals surface area contributed by atoms with Crippen LogP contribution in [0.2, 0.25) is 0 Å². The number of hydrogen-bond donors (Lipinski definition) is 1. The van der Waals surface area contributed by atoms with E-state index >= 15 is 0 Å². The third kappa shape index (κ3) is 3.32. The molecule has 1 aliphatic rings. The van der Waals surface area contributed by atoms with Crippen LogP contribution in [0.1, 0.15) is 6.42 Å². The summed E-state index contributed by atoms with van der Waals surface area (Å²) >= 11 is 0. The van der Waals surface area contributed by atoms with Crippen LogP contribution in [0.25, 0.3) is 0 Å². The van der Waals surface area contributed by atoms with E-state index in [9.17, 15) is 16.8 Å². The molecule has 0 saturated carbocycles. The zero-order valence-electron chi connectivity index (χ0n) is 12.2. The highest BCUT2D eigenvalue weighted by molar-refractivity contribution is 7.93. The Morgan fingerprint density at radius 1 is 0.957 bits per heavy atom. The highest BCUT2D eigenvalue weighted by atomic mass is 32.2. The van der Waals surface area contributed by atoms with Crippen LogP contribution >= 0.6 is 0 Å². The Balaban J connectivity index is 1.81. The standard InChI is InChI=1S/C15H16N2O4S2/c18-22(19)12-4-11-17(22)14-9-7-13(8-10-14)16-23(20,21)15-5-2-1-3-6-15/h1-3,5-10,16H,4,11-12H2. The largest absolute Gasteiger partial charge is 0.280 e. The minimum atomic E-state index is -3.65. The lowest BCUT2D eigenvalue weighted by atomic mass is 10.3. The van der Waals surface area contributed by atoms with Crippen LogP contribution in [0, 0.1) is 0 Å². The monoisotopic (exact) mass is 352 g/mol. The average Bonchev–Trinajstić information content (AvgIpc) is 2.88. The molecule has 2 aromatic carbocycles. The van der Waals surface area contributed by atoms with Crippen LogP contribution < -0.4 is 9.03 Å². The van der Waals surface area contributed by atoms with E-state index in [1.165, 1.54) is 16.4 Å². The van der Waals surface area contributed by atoms with Gasteiger partial charge in [-0.1, -0.05) is 18.2 Å². The van der Waals surface area contributed by atoms with E-state index in [0.29, 0.717) is 24.3 Å². The topological polar surface area (TPSA) is 83.6 Å². The molecule has 2 aromatic rings. The second-order valence-electron chi connectivity index (χ2n) is 5.21. The highest BCUT2D eigenvalue weighted by Gasteiger charge is 2.28. The number of hydrogen-bond acceptors (Lipinski definition) is 4. The summed E-state index contributed by atoms with van der Waals surface area (Å²) in [7, 11) is -6.89. The zero-order valence-corrected chi connectivity index (χ0v) is 13.8. The Bertz CT molecular complexity index is 892. The maximum absolute atomic E-state index is 12.2. The highest BCUT2D eigenvalue weighted by Crippen LogP contribution is 2.26. The van der Waals surface area contributed by atoms with Gasteiger partial charge in [-0.2, -0.15) is 0 Å². The predicted molar refractivity (Wildman–Crippen MR) is 89.4 cm³/mol. The van der Waals surface area contributed by atoms with Crippen molar-refractivity contribution in [1.82, 2.24) is 0 Å². The lowest BCUT2D eigenvalue weighted by Gasteiger charge is -2.17. The first-order valence-electron chi connectivity index (χ1n) is 7.07. The molecule has 0 bridgehead atoms. The quantitative estimate of drug-likeness (QED) is 0.912. The van der Waals surface area contributed by atoms with Crippen molar-refractivity contribution >= 4 is 31.4 Å². The Morgan fingerprint density at radius 3 is 2.17 bits per heavy atom. The maximum Gasteiger partial charge on any atom is 0.261 e. The third-order valence-corrected chi connectivity index (χ3v) is 6.83. The van der Waals surface area contributed by atoms with Crippen molar-refractivity contribution in [3.05, 3.63) is 54.6 Å². The molecule has 23 heavy (non-hydrogen) atoms. The first-order chi connectivity index (χ1) is 10.9. The van der Waals surface area contributed by atoms with Gasteiger partial charge in [0.1, 0.15) is 0 Å². The van der Waals surface area contributed by atoms with E-state index < -0.39 is 20.0 Å². The first-order valence-corrected chi connectivity index (χ1v) is 10.2. The summed E-state index contributed by atoms with van der Waals surface area (Å²) in [5, 5.41) is 0. The summed E-state index contributed by atoms with van der Waals surface area (Å²) in [5.74, 6) is 0.148. The number of rotatable bonds is 4. The second kappa shape index (κ2) is 5.86. The van der Waals surface area contributed by atoms with Gasteiger partial charge in [-0.15, -0.1) is 0 Å². The van der Waals surface area contributed by atoms with Crippen molar-refractivity contribution in [2.75, 3.05) is 21.3 Å². The van der Waals surface area contributed by atoms with Crippen molar-refractivity contribution in [3.8, 4) is 0 Å². The summed E-state index contributed by atoms with van der Waals surface area (Å²) in [6, 6.07) is 14.4. The van der Waals surface area contributed by atoms with E-state index in [1.807, 2.05) is 0 Å². The van der Waals surface area contributed by atoms with Crippen molar-refractivity contribution in [2.45, 2.75) is 11.3 Å². The fourth-order valence-corrected chi connectivity index (χ4v) is 5.08. The molecule has 1 fully saturated rings. The molecular formula is C15H16N2O4S2. The molecule has 3 rings (SSSR count). The smallest absolute Gasteiger partial charge is 0.261 e. The summed E-state index contributed by atoms with van der Waals surface area (Å²) < 4.78 is 52.0. The van der Waals surface area contributed by atoms with Gasteiger partial charge in [-0.3, -0.25) is 9.03 Å². The molecule has 8 heteroatoms. The summed E-state index contributed by atoms with van der Waals surface area (Å²) in [4.78, 5) is 0.172. The molecule has 0 aliphatic carbocycles. The lowest BCUT2D eigenvalue weighted by Crippen LogP contribution is -2.25. The first kappa shape index (κ1) is 15.8. The molecular weight excluding hydrogens is 336 g/mol. The summed E-state index contributed by atoms with van der Waals surface area (Å²) in [5.41, 5.74) is 0.930. The SMILES string of the molecule is O=S(=O)(Nc1ccc(N2CCCS2(=O)=O)cc1)c1ccccc1. The van der Waals surface area contributed by atoms with Gasteiger partial charge in [0.15, 0.2) is 0 Å². The number of anilines is 2. The molecule has 0 radical (unpaired) electrons. The van der Waals surface area contributed by atoms with Gasteiger partial charge in [0.25, 0.3) is 10.0 Å². The van der Waals surface area contributed by atoms with Gasteiger partial charge in [0.05, 0.1) is 16.3 Å². The van der Waals surface area contributed by atoms with Crippen LogP contribution in [0.15, 0.2) is 59.5 Å². The van der Waals surface area contributed by atoms with Crippen LogP contribution in [-0.2, 0) is 20.0 Å². The normalized spacial score (nSPS) is 17.1. The van der Waals surface area contributed by atoms with Crippen molar-refractivity contribution in [2.24, 2.45) is 0 Å². The van der Waals surface area contributed by atoms with E-state index in [1.54, 1.807) is 42.5 Å². The Hall–Kier alpha value is -2.06. The molecule has 0 unspecified atom stereocenters. The van der Waals surface area contributed by atoms with Crippen LogP contribution in [0.5, 0.6) is 0 Å². The van der Waals surface area contributed by atoms with Gasteiger partial charge in [-0.25, -0.2) is 16.8 Å². The van der Waals surface area contributed by atoms with Crippen LogP contribution in [-0.4, -0.2) is 29.1 Å². The number of benzene rings is 2. The summed E-state index contributed by atoms with van der Waals surface area (Å²) in [6.45, 7) is 0.456. The average molecular weight is 352 g/mol. The van der Waals surface area contributed by atoms with Crippen LogP contribution in [0.3, 0.4) is 0 Å². The predicted octanol–water partition coefficient (Wildman–Crippen LogP) is 2.03. The van der Waals surface area contributed by atoms with Crippen molar-refractivity contribution in [3.63, 3.8) is 0 Å². The maximum atomic E-state index is 12.2. The van der Waals surface area contributed by atoms with E-state index in [4.69, 9.17) is 0 Å². The molecule has 0 aromatic heterocycles. The molecule has 0 amide bonds. The van der Waals surface area contributed by atoms with Gasteiger partial charge >= 0.3 is 0 Å². The molecule has 122 valence electrons. The fourth-order valence-electron chi connectivity index (χ4n) is 2.44. The fraction of sp³-hybridized carbons (Fsp3) is 0.200. The molecule has 1 heterocycles. The molecule has 0 spiro atoms. The Morgan fingerprint density at radius 2 is 1.61 bits per heavy atom. The minimum absolute atomic E-state index is 0.148. The number of nitrogens with one attached hydrogen (secondary N) is 1. The van der Waals surface area contributed by atoms with Gasteiger partial charge in [0, 0.05) is 12.2 Å². The lowest BCUT2D eigenvalue weighted by molar-refractivity contribution is 0.598. The molecule has 1 N–H and O–H groups in total. The number of nitrogens with zero attached hydrogens (tertiary/aromatic N) is 1. The van der Waals surface area contributed by atoms with Gasteiger partial charge in [-0.05, 0) is 42.8 Å². The molecule has 1 saturated heterocycles. The van der Waals surface area contributed by atoms with Gasteiger partial charge in [0.2, 0.25) is 10.0 Å². The minimum Gasteiger partial charge on any atom is -0.280 e. The Labute approximate surface area is 135 Å².